The summed E-state index contributed by atoms with van der Waals surface area (Å²) in [5.41, 5.74) is 5.18. The summed E-state index contributed by atoms with van der Waals surface area (Å²) in [6.45, 7) is 0.235. The fraction of sp³-hybridized carbons (Fsp3) is 0.727. The van der Waals surface area contributed by atoms with Crippen molar-refractivity contribution in [3.05, 3.63) is 11.7 Å². The van der Waals surface area contributed by atoms with Crippen molar-refractivity contribution in [1.82, 2.24) is 15.5 Å². The van der Waals surface area contributed by atoms with Gasteiger partial charge in [-0.05, 0) is 12.8 Å². The Hall–Kier alpha value is -1.14. The first-order valence-corrected chi connectivity index (χ1v) is 6.09. The number of aromatic nitrogens is 2. The van der Waals surface area contributed by atoms with Crippen LogP contribution in [0.15, 0.2) is 4.52 Å². The SMILES string of the molecule is Cl.NCC(=O)NCc1nc(C2CCCCC2)no1. The van der Waals surface area contributed by atoms with Crippen molar-refractivity contribution >= 4 is 18.3 Å². The lowest BCUT2D eigenvalue weighted by Crippen LogP contribution is -2.29. The molecule has 0 atom stereocenters. The van der Waals surface area contributed by atoms with Gasteiger partial charge in [-0.15, -0.1) is 12.4 Å². The largest absolute Gasteiger partial charge is 0.346 e. The number of rotatable bonds is 4. The van der Waals surface area contributed by atoms with Crippen LogP contribution in [0.4, 0.5) is 0 Å². The van der Waals surface area contributed by atoms with Crippen LogP contribution < -0.4 is 11.1 Å². The van der Waals surface area contributed by atoms with Crippen LogP contribution in [-0.2, 0) is 11.3 Å². The second-order valence-corrected chi connectivity index (χ2v) is 4.36. The average molecular weight is 275 g/mol. The van der Waals surface area contributed by atoms with E-state index >= 15 is 0 Å². The van der Waals surface area contributed by atoms with Gasteiger partial charge in [0.05, 0.1) is 13.1 Å². The molecule has 0 aliphatic heterocycles. The second kappa shape index (κ2) is 7.33. The van der Waals surface area contributed by atoms with E-state index in [0.717, 1.165) is 18.7 Å². The maximum atomic E-state index is 11.0. The number of hydrogen-bond donors (Lipinski definition) is 2. The van der Waals surface area contributed by atoms with E-state index in [4.69, 9.17) is 10.3 Å². The summed E-state index contributed by atoms with van der Waals surface area (Å²) in [6.07, 6.45) is 6.03. The van der Waals surface area contributed by atoms with Crippen LogP contribution >= 0.6 is 12.4 Å². The van der Waals surface area contributed by atoms with E-state index in [1.165, 1.54) is 19.3 Å². The Bertz CT molecular complexity index is 377. The molecule has 1 aromatic heterocycles. The smallest absolute Gasteiger partial charge is 0.246 e. The number of nitrogens with one attached hydrogen (secondary N) is 1. The van der Waals surface area contributed by atoms with Gasteiger partial charge in [0.25, 0.3) is 0 Å². The predicted octanol–water partition coefficient (Wildman–Crippen LogP) is 1.11. The highest BCUT2D eigenvalue weighted by Crippen LogP contribution is 2.30. The molecule has 1 fully saturated rings. The molecular formula is C11H19ClN4O2. The molecule has 0 saturated heterocycles. The third kappa shape index (κ3) is 3.96. The Kier molecular flexibility index (Phi) is 6.07. The van der Waals surface area contributed by atoms with Gasteiger partial charge in [-0.25, -0.2) is 0 Å². The topological polar surface area (TPSA) is 94.0 Å². The third-order valence-electron chi connectivity index (χ3n) is 3.08. The summed E-state index contributed by atoms with van der Waals surface area (Å²) in [7, 11) is 0. The summed E-state index contributed by atoms with van der Waals surface area (Å²) in [4.78, 5) is 15.3. The van der Waals surface area contributed by atoms with Crippen molar-refractivity contribution < 1.29 is 9.32 Å². The molecule has 7 heteroatoms. The van der Waals surface area contributed by atoms with Gasteiger partial charge in [0, 0.05) is 5.92 Å². The van der Waals surface area contributed by atoms with E-state index in [0.29, 0.717) is 11.8 Å². The van der Waals surface area contributed by atoms with Gasteiger partial charge in [0.15, 0.2) is 5.82 Å². The van der Waals surface area contributed by atoms with E-state index in [9.17, 15) is 4.79 Å². The minimum atomic E-state index is -0.220. The standard InChI is InChI=1S/C11H18N4O2.ClH/c12-6-9(16)13-7-10-14-11(15-17-10)8-4-2-1-3-5-8;/h8H,1-7,12H2,(H,13,16);1H. The van der Waals surface area contributed by atoms with Crippen LogP contribution in [0.3, 0.4) is 0 Å². The molecule has 0 bridgehead atoms. The van der Waals surface area contributed by atoms with Crippen LogP contribution in [0, 0.1) is 0 Å². The highest BCUT2D eigenvalue weighted by Gasteiger charge is 2.20. The fourth-order valence-electron chi connectivity index (χ4n) is 2.11. The highest BCUT2D eigenvalue weighted by atomic mass is 35.5. The van der Waals surface area contributed by atoms with Crippen LogP contribution in [0.2, 0.25) is 0 Å². The molecular weight excluding hydrogens is 256 g/mol. The lowest BCUT2D eigenvalue weighted by atomic mass is 9.89. The van der Waals surface area contributed by atoms with Crippen LogP contribution in [0.1, 0.15) is 49.7 Å². The van der Waals surface area contributed by atoms with Crippen molar-refractivity contribution in [2.75, 3.05) is 6.54 Å². The maximum absolute atomic E-state index is 11.0. The Morgan fingerprint density at radius 2 is 2.11 bits per heavy atom. The van der Waals surface area contributed by atoms with Crippen molar-refractivity contribution in [3.63, 3.8) is 0 Å². The number of nitrogens with zero attached hydrogens (tertiary/aromatic N) is 2. The number of carbonyl (C=O) groups is 1. The molecule has 102 valence electrons. The zero-order chi connectivity index (χ0) is 12.1. The highest BCUT2D eigenvalue weighted by molar-refractivity contribution is 5.85. The van der Waals surface area contributed by atoms with Gasteiger partial charge in [0.1, 0.15) is 0 Å². The number of halogens is 1. The van der Waals surface area contributed by atoms with Gasteiger partial charge >= 0.3 is 0 Å². The number of nitrogens with two attached hydrogens (primary N) is 1. The van der Waals surface area contributed by atoms with E-state index in [2.05, 4.69) is 15.5 Å². The summed E-state index contributed by atoms with van der Waals surface area (Å²) in [5.74, 6) is 1.43. The van der Waals surface area contributed by atoms with E-state index in [1.54, 1.807) is 0 Å². The molecule has 0 radical (unpaired) electrons. The number of amides is 1. The lowest BCUT2D eigenvalue weighted by molar-refractivity contribution is -0.120. The monoisotopic (exact) mass is 274 g/mol. The van der Waals surface area contributed by atoms with Gasteiger partial charge in [-0.1, -0.05) is 24.4 Å². The molecule has 2 rings (SSSR count). The van der Waals surface area contributed by atoms with E-state index in [-0.39, 0.29) is 31.4 Å². The molecule has 1 amide bonds. The summed E-state index contributed by atoms with van der Waals surface area (Å²) >= 11 is 0. The lowest BCUT2D eigenvalue weighted by Gasteiger charge is -2.17. The molecule has 1 saturated carbocycles. The number of hydrogen-bond acceptors (Lipinski definition) is 5. The van der Waals surface area contributed by atoms with Gasteiger partial charge in [-0.2, -0.15) is 4.98 Å². The van der Waals surface area contributed by atoms with Crippen molar-refractivity contribution in [3.8, 4) is 0 Å². The van der Waals surface area contributed by atoms with E-state index in [1.807, 2.05) is 0 Å². The maximum Gasteiger partial charge on any atom is 0.246 e. The molecule has 1 aliphatic carbocycles. The Labute approximate surface area is 112 Å². The quantitative estimate of drug-likeness (QED) is 0.858. The van der Waals surface area contributed by atoms with Crippen LogP contribution in [0.5, 0.6) is 0 Å². The Morgan fingerprint density at radius 3 is 2.78 bits per heavy atom. The minimum Gasteiger partial charge on any atom is -0.346 e. The van der Waals surface area contributed by atoms with Gasteiger partial charge in [-0.3, -0.25) is 4.79 Å². The number of carbonyl (C=O) groups excluding carboxylic acids is 1. The molecule has 0 aromatic carbocycles. The van der Waals surface area contributed by atoms with Crippen LogP contribution in [-0.4, -0.2) is 22.6 Å². The minimum absolute atomic E-state index is 0. The van der Waals surface area contributed by atoms with Crippen molar-refractivity contribution in [2.24, 2.45) is 5.73 Å². The third-order valence-corrected chi connectivity index (χ3v) is 3.08. The summed E-state index contributed by atoms with van der Waals surface area (Å²) < 4.78 is 5.10. The first-order chi connectivity index (χ1) is 8.29. The zero-order valence-electron chi connectivity index (χ0n) is 10.2. The second-order valence-electron chi connectivity index (χ2n) is 4.36. The van der Waals surface area contributed by atoms with Crippen molar-refractivity contribution in [2.45, 2.75) is 44.6 Å². The average Bonchev–Trinajstić information content (AvgIpc) is 2.86. The molecule has 1 aromatic rings. The Balaban J connectivity index is 0.00000162. The predicted molar refractivity (Wildman–Crippen MR) is 68.3 cm³/mol. The first kappa shape index (κ1) is 14.9. The molecule has 0 unspecified atom stereocenters. The summed E-state index contributed by atoms with van der Waals surface area (Å²) in [5, 5.41) is 6.58. The van der Waals surface area contributed by atoms with Crippen molar-refractivity contribution in [1.29, 1.82) is 0 Å². The van der Waals surface area contributed by atoms with Gasteiger partial charge < -0.3 is 15.6 Å². The molecule has 3 N–H and O–H groups in total. The molecule has 1 aliphatic rings. The van der Waals surface area contributed by atoms with Crippen LogP contribution in [0.25, 0.3) is 0 Å². The normalized spacial score (nSPS) is 16.1. The zero-order valence-corrected chi connectivity index (χ0v) is 11.0. The summed E-state index contributed by atoms with van der Waals surface area (Å²) in [6, 6.07) is 0. The Morgan fingerprint density at radius 1 is 1.39 bits per heavy atom. The molecule has 1 heterocycles. The molecule has 0 spiro atoms. The van der Waals surface area contributed by atoms with E-state index < -0.39 is 0 Å². The van der Waals surface area contributed by atoms with Gasteiger partial charge in [0.2, 0.25) is 11.8 Å². The molecule has 18 heavy (non-hydrogen) atoms. The fourth-order valence-corrected chi connectivity index (χ4v) is 2.11. The first-order valence-electron chi connectivity index (χ1n) is 6.09. The molecule has 6 nitrogen and oxygen atoms in total.